The fourth-order valence-corrected chi connectivity index (χ4v) is 4.71. The maximum atomic E-state index is 12.8. The predicted octanol–water partition coefficient (Wildman–Crippen LogP) is 6.06. The van der Waals surface area contributed by atoms with Gasteiger partial charge in [0.1, 0.15) is 11.5 Å². The average molecular weight is 533 g/mol. The largest absolute Gasteiger partial charge is 0.351 e. The Labute approximate surface area is 228 Å². The summed E-state index contributed by atoms with van der Waals surface area (Å²) < 4.78 is 0. The van der Waals surface area contributed by atoms with Gasteiger partial charge >= 0.3 is 0 Å². The van der Waals surface area contributed by atoms with E-state index >= 15 is 0 Å². The number of hydrogen-bond acceptors (Lipinski definition) is 5. The molecule has 1 heterocycles. The third kappa shape index (κ3) is 10.5. The van der Waals surface area contributed by atoms with Crippen LogP contribution < -0.4 is 5.32 Å². The minimum absolute atomic E-state index is 0.0593. The van der Waals surface area contributed by atoms with E-state index < -0.39 is 0 Å². The van der Waals surface area contributed by atoms with Crippen LogP contribution in [0.15, 0.2) is 39.3 Å². The van der Waals surface area contributed by atoms with Crippen LogP contribution in [0.1, 0.15) is 97.8 Å². The molecule has 0 bridgehead atoms. The van der Waals surface area contributed by atoms with Crippen molar-refractivity contribution in [3.8, 4) is 0 Å². The van der Waals surface area contributed by atoms with Gasteiger partial charge in [-0.15, -0.1) is 0 Å². The van der Waals surface area contributed by atoms with Crippen molar-refractivity contribution in [2.24, 2.45) is 11.0 Å². The molecule has 8 heteroatoms. The normalized spacial score (nSPS) is 18.5. The maximum Gasteiger partial charge on any atom is 0.269 e. The Kier molecular flexibility index (Phi) is 13.7. The summed E-state index contributed by atoms with van der Waals surface area (Å²) in [5.74, 6) is -0.176. The van der Waals surface area contributed by atoms with E-state index in [1.165, 1.54) is 55.4 Å². The Hall–Kier alpha value is -2.41. The van der Waals surface area contributed by atoms with E-state index in [0.717, 1.165) is 37.7 Å². The number of nitrogens with one attached hydrogen (secondary N) is 1. The number of unbranched alkanes of at least 4 members (excludes halogenated alkanes) is 1. The molecule has 3 rings (SSSR count). The minimum Gasteiger partial charge on any atom is -0.351 e. The van der Waals surface area contributed by atoms with Gasteiger partial charge < -0.3 is 10.2 Å². The number of rotatable bonds is 12. The Bertz CT molecular complexity index is 889. The molecular formula is C29H45ClN4O3. The Morgan fingerprint density at radius 2 is 1.70 bits per heavy atom. The highest BCUT2D eigenvalue weighted by molar-refractivity contribution is 6.31. The number of carbonyl (C=O) groups is 3. The molecule has 2 fully saturated rings. The van der Waals surface area contributed by atoms with E-state index in [4.69, 9.17) is 11.6 Å². The highest BCUT2D eigenvalue weighted by atomic mass is 35.5. The highest BCUT2D eigenvalue weighted by Gasteiger charge is 2.33. The van der Waals surface area contributed by atoms with Crippen LogP contribution in [-0.4, -0.2) is 53.9 Å². The molecule has 0 unspecified atom stereocenters. The van der Waals surface area contributed by atoms with Gasteiger partial charge in [-0.05, 0) is 56.3 Å². The van der Waals surface area contributed by atoms with Crippen LogP contribution in [-0.2, 0) is 14.4 Å². The van der Waals surface area contributed by atoms with Crippen molar-refractivity contribution in [3.63, 3.8) is 0 Å². The zero-order valence-corrected chi connectivity index (χ0v) is 23.7. The van der Waals surface area contributed by atoms with E-state index in [0.29, 0.717) is 30.4 Å². The SMILES string of the molecule is C1CCCCC1.C=NN1C(C(=O)NCCCC)=CC(C2CC2)=C/C1=C(\Cl)CC(=O)N(CCC)CC(C)=O. The molecule has 3 aliphatic rings. The van der Waals surface area contributed by atoms with Gasteiger partial charge in [0.2, 0.25) is 5.91 Å². The van der Waals surface area contributed by atoms with Gasteiger partial charge in [-0.2, -0.15) is 5.10 Å². The number of ketones is 1. The van der Waals surface area contributed by atoms with Crippen molar-refractivity contribution in [3.05, 3.63) is 34.2 Å². The van der Waals surface area contributed by atoms with Crippen LogP contribution >= 0.6 is 11.6 Å². The van der Waals surface area contributed by atoms with E-state index in [1.54, 1.807) is 0 Å². The van der Waals surface area contributed by atoms with Gasteiger partial charge in [0, 0.05) is 19.8 Å². The number of carbonyl (C=O) groups excluding carboxylic acids is 3. The predicted molar refractivity (Wildman–Crippen MR) is 151 cm³/mol. The second kappa shape index (κ2) is 16.4. The van der Waals surface area contributed by atoms with E-state index in [2.05, 4.69) is 24.1 Å². The number of allylic oxidation sites excluding steroid dienone is 3. The molecule has 0 aromatic carbocycles. The van der Waals surface area contributed by atoms with E-state index in [9.17, 15) is 14.4 Å². The standard InChI is InChI=1S/C23H33ClN4O3.C6H12/c1-5-7-10-26-23(31)21-13-18(17-8-9-17)12-20(28(21)25-4)19(24)14-22(30)27(11-6-2)15-16(3)29;1-2-4-6-5-3-1/h12-13,17H,4-11,14-15H2,1-3H3,(H,26,31);1-6H2/b20-19+;. The fraction of sp³-hybridized carbons (Fsp3) is 0.655. The van der Waals surface area contributed by atoms with Crippen molar-refractivity contribution in [2.75, 3.05) is 19.6 Å². The molecule has 2 saturated carbocycles. The Balaban J connectivity index is 0.000000700. The summed E-state index contributed by atoms with van der Waals surface area (Å²) in [4.78, 5) is 38.7. The molecule has 7 nitrogen and oxygen atoms in total. The van der Waals surface area contributed by atoms with E-state index in [1.807, 2.05) is 19.1 Å². The molecule has 0 aromatic rings. The third-order valence-corrected chi connectivity index (χ3v) is 6.97. The molecule has 0 atom stereocenters. The van der Waals surface area contributed by atoms with Gasteiger partial charge in [-0.25, -0.2) is 5.01 Å². The molecule has 0 radical (unpaired) electrons. The third-order valence-electron chi connectivity index (χ3n) is 6.65. The monoisotopic (exact) mass is 532 g/mol. The average Bonchev–Trinajstić information content (AvgIpc) is 3.74. The van der Waals surface area contributed by atoms with Gasteiger partial charge in [-0.1, -0.05) is 70.4 Å². The molecular weight excluding hydrogens is 488 g/mol. The summed E-state index contributed by atoms with van der Waals surface area (Å²) in [6.45, 7) is 10.2. The second-order valence-corrected chi connectivity index (χ2v) is 10.6. The lowest BCUT2D eigenvalue weighted by Crippen LogP contribution is -2.36. The zero-order valence-electron chi connectivity index (χ0n) is 23.0. The first-order valence-electron chi connectivity index (χ1n) is 14.0. The zero-order chi connectivity index (χ0) is 27.2. The van der Waals surface area contributed by atoms with Crippen LogP contribution in [0.25, 0.3) is 0 Å². The van der Waals surface area contributed by atoms with Gasteiger partial charge in [0.15, 0.2) is 0 Å². The molecule has 2 amide bonds. The first-order valence-corrected chi connectivity index (χ1v) is 14.3. The van der Waals surface area contributed by atoms with E-state index in [-0.39, 0.29) is 35.6 Å². The molecule has 0 spiro atoms. The number of hydrazone groups is 1. The number of halogens is 1. The van der Waals surface area contributed by atoms with Crippen molar-refractivity contribution in [1.82, 2.24) is 15.2 Å². The van der Waals surface area contributed by atoms with Crippen LogP contribution in [0, 0.1) is 5.92 Å². The van der Waals surface area contributed by atoms with Gasteiger partial charge in [-0.3, -0.25) is 14.4 Å². The Morgan fingerprint density at radius 3 is 2.19 bits per heavy atom. The van der Waals surface area contributed by atoms with Crippen molar-refractivity contribution in [1.29, 1.82) is 0 Å². The lowest BCUT2D eigenvalue weighted by molar-refractivity contribution is -0.134. The summed E-state index contributed by atoms with van der Waals surface area (Å²) >= 11 is 6.61. The molecule has 37 heavy (non-hydrogen) atoms. The minimum atomic E-state index is -0.246. The summed E-state index contributed by atoms with van der Waals surface area (Å²) in [5.41, 5.74) is 1.84. The van der Waals surface area contributed by atoms with Crippen LogP contribution in [0.3, 0.4) is 0 Å². The number of Topliss-reactive ketones (excluding diaryl/α,β-unsaturated/α-hetero) is 1. The summed E-state index contributed by atoms with van der Waals surface area (Å²) in [5, 5.41) is 8.60. The first-order chi connectivity index (χ1) is 17.8. The molecule has 2 aliphatic carbocycles. The summed E-state index contributed by atoms with van der Waals surface area (Å²) in [7, 11) is 0. The highest BCUT2D eigenvalue weighted by Crippen LogP contribution is 2.41. The lowest BCUT2D eigenvalue weighted by atomic mass is 10.0. The summed E-state index contributed by atoms with van der Waals surface area (Å²) in [6.07, 6.45) is 17.4. The fourth-order valence-electron chi connectivity index (χ4n) is 4.46. The number of amides is 2. The van der Waals surface area contributed by atoms with Crippen LogP contribution in [0.4, 0.5) is 0 Å². The van der Waals surface area contributed by atoms with Gasteiger partial charge in [0.25, 0.3) is 5.91 Å². The smallest absolute Gasteiger partial charge is 0.269 e. The van der Waals surface area contributed by atoms with Crippen LogP contribution in [0.2, 0.25) is 0 Å². The second-order valence-electron chi connectivity index (χ2n) is 10.1. The number of hydrogen-bond donors (Lipinski definition) is 1. The molecule has 206 valence electrons. The first kappa shape index (κ1) is 30.8. The quantitative estimate of drug-likeness (QED) is 0.244. The maximum absolute atomic E-state index is 12.8. The van der Waals surface area contributed by atoms with Crippen molar-refractivity contribution >= 4 is 35.9 Å². The molecule has 1 N–H and O–H groups in total. The molecule has 1 aliphatic heterocycles. The van der Waals surface area contributed by atoms with Crippen LogP contribution in [0.5, 0.6) is 0 Å². The lowest BCUT2D eigenvalue weighted by Gasteiger charge is -2.28. The van der Waals surface area contributed by atoms with Crippen molar-refractivity contribution in [2.45, 2.75) is 97.8 Å². The number of nitrogens with zero attached hydrogens (tertiary/aromatic N) is 3. The molecule has 0 aromatic heterocycles. The van der Waals surface area contributed by atoms with Crippen molar-refractivity contribution < 1.29 is 14.4 Å². The summed E-state index contributed by atoms with van der Waals surface area (Å²) in [6, 6.07) is 0. The Morgan fingerprint density at radius 1 is 1.08 bits per heavy atom. The van der Waals surface area contributed by atoms with Gasteiger partial charge in [0.05, 0.1) is 23.7 Å². The topological polar surface area (TPSA) is 82.1 Å². The molecule has 0 saturated heterocycles.